The summed E-state index contributed by atoms with van der Waals surface area (Å²) in [7, 11) is 0. The quantitative estimate of drug-likeness (QED) is 0.0261. The average Bonchev–Trinajstić information content (AvgIpc) is 3.49. The molecule has 0 radical (unpaired) electrons. The van der Waals surface area contributed by atoms with Crippen molar-refractivity contribution in [3.63, 3.8) is 0 Å². The first-order valence-corrected chi connectivity index (χ1v) is 36.1. The van der Waals surface area contributed by atoms with E-state index in [1.54, 1.807) is 0 Å². The van der Waals surface area contributed by atoms with Gasteiger partial charge in [-0.2, -0.15) is 0 Å². The maximum atomic E-state index is 13.0. The smallest absolute Gasteiger partial charge is 0.306 e. The molecule has 1 atom stereocenters. The fourth-order valence-electron chi connectivity index (χ4n) is 10.5. The lowest BCUT2D eigenvalue weighted by Gasteiger charge is -2.18. The number of hydrogen-bond acceptors (Lipinski definition) is 6. The van der Waals surface area contributed by atoms with Crippen LogP contribution in [0.1, 0.15) is 367 Å². The maximum Gasteiger partial charge on any atom is 0.306 e. The highest BCUT2D eigenvalue weighted by Crippen LogP contribution is 2.18. The second kappa shape index (κ2) is 71.1. The second-order valence-electron chi connectivity index (χ2n) is 24.1. The number of carbonyl (C=O) groups excluding carboxylic acids is 3. The molecule has 0 aliphatic heterocycles. The summed E-state index contributed by atoms with van der Waals surface area (Å²) in [4.78, 5) is 38.5. The first-order valence-electron chi connectivity index (χ1n) is 36.1. The Morgan fingerprint density at radius 1 is 0.253 bits per heavy atom. The summed E-state index contributed by atoms with van der Waals surface area (Å²) in [5, 5.41) is 0. The SMILES string of the molecule is CC/C=C\C/C=C\C/C=C\C/C=C\CCCCCCCCCCCCCCCCCCC(=O)OCC(COC(=O)CCCCCCCCCCCCCCCCC)OC(=O)CCCCCCCC/C=C\C/C=C\C/C=C\CCCCCCC. The van der Waals surface area contributed by atoms with Gasteiger partial charge in [-0.15, -0.1) is 0 Å². The molecule has 83 heavy (non-hydrogen) atoms. The van der Waals surface area contributed by atoms with Crippen LogP contribution in [0, 0.1) is 0 Å². The molecular weight excluding hydrogens is 1020 g/mol. The van der Waals surface area contributed by atoms with Crippen LogP contribution in [-0.2, 0) is 28.6 Å². The Morgan fingerprint density at radius 3 is 0.735 bits per heavy atom. The number of allylic oxidation sites excluding steroid dienone is 14. The van der Waals surface area contributed by atoms with Gasteiger partial charge >= 0.3 is 17.9 Å². The molecule has 0 bridgehead atoms. The van der Waals surface area contributed by atoms with Crippen molar-refractivity contribution in [2.24, 2.45) is 0 Å². The zero-order valence-electron chi connectivity index (χ0n) is 55.2. The summed E-state index contributed by atoms with van der Waals surface area (Å²) < 4.78 is 17.0. The molecule has 0 spiro atoms. The number of unbranched alkanes of at least 4 members (excludes halogenated alkanes) is 41. The van der Waals surface area contributed by atoms with Gasteiger partial charge in [-0.3, -0.25) is 14.4 Å². The van der Waals surface area contributed by atoms with Crippen LogP contribution in [0.4, 0.5) is 0 Å². The maximum absolute atomic E-state index is 13.0. The molecule has 0 aromatic heterocycles. The van der Waals surface area contributed by atoms with Crippen molar-refractivity contribution in [1.82, 2.24) is 0 Å². The Kier molecular flexibility index (Phi) is 68.2. The third-order valence-corrected chi connectivity index (χ3v) is 15.9. The highest BCUT2D eigenvalue weighted by molar-refractivity contribution is 5.71. The molecule has 0 heterocycles. The number of esters is 3. The van der Waals surface area contributed by atoms with Crippen molar-refractivity contribution < 1.29 is 28.6 Å². The summed E-state index contributed by atoms with van der Waals surface area (Å²) in [6, 6.07) is 0. The number of carbonyl (C=O) groups is 3. The van der Waals surface area contributed by atoms with Gasteiger partial charge in [0.05, 0.1) is 0 Å². The van der Waals surface area contributed by atoms with E-state index in [1.807, 2.05) is 0 Å². The van der Waals surface area contributed by atoms with E-state index in [1.165, 1.54) is 218 Å². The summed E-state index contributed by atoms with van der Waals surface area (Å²) in [6.45, 7) is 6.56. The van der Waals surface area contributed by atoms with Crippen molar-refractivity contribution in [1.29, 1.82) is 0 Å². The fraction of sp³-hybridized carbons (Fsp3) is 0.779. The van der Waals surface area contributed by atoms with Gasteiger partial charge in [0.15, 0.2) is 6.10 Å². The van der Waals surface area contributed by atoms with Crippen LogP contribution in [0.3, 0.4) is 0 Å². The van der Waals surface area contributed by atoms with Gasteiger partial charge in [0.25, 0.3) is 0 Å². The van der Waals surface area contributed by atoms with Crippen LogP contribution in [0.25, 0.3) is 0 Å². The zero-order chi connectivity index (χ0) is 59.9. The van der Waals surface area contributed by atoms with Gasteiger partial charge in [-0.05, 0) is 96.3 Å². The van der Waals surface area contributed by atoms with E-state index in [0.29, 0.717) is 19.3 Å². The van der Waals surface area contributed by atoms with Crippen molar-refractivity contribution >= 4 is 17.9 Å². The molecule has 0 amide bonds. The van der Waals surface area contributed by atoms with Gasteiger partial charge in [0.1, 0.15) is 13.2 Å². The minimum Gasteiger partial charge on any atom is -0.462 e. The van der Waals surface area contributed by atoms with E-state index in [2.05, 4.69) is 106 Å². The molecule has 1 unspecified atom stereocenters. The van der Waals surface area contributed by atoms with Crippen LogP contribution < -0.4 is 0 Å². The monoisotopic (exact) mass is 1160 g/mol. The molecule has 0 saturated heterocycles. The van der Waals surface area contributed by atoms with Crippen LogP contribution in [-0.4, -0.2) is 37.2 Å². The highest BCUT2D eigenvalue weighted by Gasteiger charge is 2.19. The van der Waals surface area contributed by atoms with Crippen LogP contribution in [0.15, 0.2) is 85.1 Å². The lowest BCUT2D eigenvalue weighted by molar-refractivity contribution is -0.167. The topological polar surface area (TPSA) is 78.9 Å². The summed E-state index contributed by atoms with van der Waals surface area (Å²) in [6.07, 6.45) is 94.7. The molecule has 0 aromatic rings. The first kappa shape index (κ1) is 79.6. The van der Waals surface area contributed by atoms with Gasteiger partial charge in [0, 0.05) is 19.3 Å². The van der Waals surface area contributed by atoms with Gasteiger partial charge in [-0.25, -0.2) is 0 Å². The van der Waals surface area contributed by atoms with E-state index >= 15 is 0 Å². The zero-order valence-corrected chi connectivity index (χ0v) is 55.2. The standard InChI is InChI=1S/C77H136O6/c1-4-7-10-13-16-19-22-25-28-30-32-34-35-36-37-38-39-40-41-43-44-46-49-52-55-58-61-64-67-70-76(79)82-73-74(72-81-75(78)69-66-63-60-57-54-51-48-27-24-21-18-15-12-9-6-3)83-77(80)71-68-65-62-59-56-53-50-47-45-42-33-31-29-26-23-20-17-14-11-8-5-2/h7,10,16,19,23,25-26,28,31-34,45,47,74H,4-6,8-9,11-15,17-18,20-22,24,27,29-30,35-44,46,48-73H2,1-3H3/b10-7-,19-16-,26-23-,28-25-,33-31-,34-32-,47-45-. The Bertz CT molecular complexity index is 1570. The molecule has 0 aliphatic carbocycles. The highest BCUT2D eigenvalue weighted by atomic mass is 16.6. The Balaban J connectivity index is 4.28. The molecule has 0 fully saturated rings. The van der Waals surface area contributed by atoms with Gasteiger partial charge in [-0.1, -0.05) is 337 Å². The fourth-order valence-corrected chi connectivity index (χ4v) is 10.5. The van der Waals surface area contributed by atoms with Gasteiger partial charge in [0.2, 0.25) is 0 Å². The predicted octanol–water partition coefficient (Wildman–Crippen LogP) is 25.0. The van der Waals surface area contributed by atoms with E-state index in [-0.39, 0.29) is 31.1 Å². The summed E-state index contributed by atoms with van der Waals surface area (Å²) in [5.41, 5.74) is 0. The third-order valence-electron chi connectivity index (χ3n) is 15.9. The lowest BCUT2D eigenvalue weighted by Crippen LogP contribution is -2.30. The lowest BCUT2D eigenvalue weighted by atomic mass is 10.0. The molecule has 480 valence electrons. The molecule has 0 saturated carbocycles. The van der Waals surface area contributed by atoms with Crippen LogP contribution >= 0.6 is 0 Å². The number of ether oxygens (including phenoxy) is 3. The second-order valence-corrected chi connectivity index (χ2v) is 24.1. The Morgan fingerprint density at radius 2 is 0.470 bits per heavy atom. The number of rotatable bonds is 66. The van der Waals surface area contributed by atoms with Gasteiger partial charge < -0.3 is 14.2 Å². The molecule has 0 aliphatic rings. The molecule has 0 rings (SSSR count). The van der Waals surface area contributed by atoms with E-state index in [4.69, 9.17) is 14.2 Å². The summed E-state index contributed by atoms with van der Waals surface area (Å²) in [5.74, 6) is -0.867. The molecular formula is C77H136O6. The van der Waals surface area contributed by atoms with Crippen LogP contribution in [0.5, 0.6) is 0 Å². The van der Waals surface area contributed by atoms with E-state index < -0.39 is 6.10 Å². The number of hydrogen-bond donors (Lipinski definition) is 0. The normalized spacial score (nSPS) is 12.6. The van der Waals surface area contributed by atoms with Crippen LogP contribution in [0.2, 0.25) is 0 Å². The van der Waals surface area contributed by atoms with E-state index in [9.17, 15) is 14.4 Å². The van der Waals surface area contributed by atoms with Crippen molar-refractivity contribution in [3.05, 3.63) is 85.1 Å². The third kappa shape index (κ3) is 69.3. The Hall–Kier alpha value is -3.41. The average molecular weight is 1160 g/mol. The molecule has 6 nitrogen and oxygen atoms in total. The molecule has 6 heteroatoms. The van der Waals surface area contributed by atoms with E-state index in [0.717, 1.165) is 109 Å². The largest absolute Gasteiger partial charge is 0.462 e. The minimum atomic E-state index is -0.783. The Labute approximate surface area is 515 Å². The molecule has 0 N–H and O–H groups in total. The van der Waals surface area contributed by atoms with Crippen molar-refractivity contribution in [2.75, 3.05) is 13.2 Å². The van der Waals surface area contributed by atoms with Crippen molar-refractivity contribution in [2.45, 2.75) is 374 Å². The minimum absolute atomic E-state index is 0.0768. The predicted molar refractivity (Wildman–Crippen MR) is 362 cm³/mol. The molecule has 0 aromatic carbocycles. The van der Waals surface area contributed by atoms with Crippen molar-refractivity contribution in [3.8, 4) is 0 Å². The first-order chi connectivity index (χ1) is 41.0. The summed E-state index contributed by atoms with van der Waals surface area (Å²) >= 11 is 0.